The lowest BCUT2D eigenvalue weighted by Crippen LogP contribution is -2.47. The average molecular weight is 489 g/mol. The van der Waals surface area contributed by atoms with Crippen LogP contribution in [-0.2, 0) is 10.3 Å². The summed E-state index contributed by atoms with van der Waals surface area (Å²) in [5.41, 5.74) is 2.54. The van der Waals surface area contributed by atoms with Crippen molar-refractivity contribution in [2.75, 3.05) is 32.1 Å². The molecule has 0 saturated carbocycles. The van der Waals surface area contributed by atoms with Crippen LogP contribution in [0, 0.1) is 5.82 Å². The van der Waals surface area contributed by atoms with Crippen LogP contribution in [0.5, 0.6) is 0 Å². The third-order valence-electron chi connectivity index (χ3n) is 6.35. The first-order valence-corrected chi connectivity index (χ1v) is 11.5. The van der Waals surface area contributed by atoms with Gasteiger partial charge in [0.05, 0.1) is 35.7 Å². The van der Waals surface area contributed by atoms with Crippen molar-refractivity contribution in [1.82, 2.24) is 25.3 Å². The summed E-state index contributed by atoms with van der Waals surface area (Å²) in [4.78, 5) is 29.7. The molecule has 1 fully saturated rings. The Morgan fingerprint density at radius 1 is 1.17 bits per heavy atom. The Hall–Kier alpha value is -4.02. The molecule has 0 aliphatic carbocycles. The van der Waals surface area contributed by atoms with E-state index >= 15 is 0 Å². The van der Waals surface area contributed by atoms with Crippen LogP contribution in [-0.4, -0.2) is 57.8 Å². The highest BCUT2D eigenvalue weighted by Gasteiger charge is 2.39. The van der Waals surface area contributed by atoms with Crippen molar-refractivity contribution >= 4 is 22.6 Å². The Morgan fingerprint density at radius 3 is 2.69 bits per heavy atom. The number of anilines is 1. The fourth-order valence-electron chi connectivity index (χ4n) is 4.21. The SMILES string of the molecule is CNC(=O)c1ccnc2c([C@H](C)CNc3cc(-c4ccc(C5(O)COC5)nc4)ncn3)ccc(F)c12. The van der Waals surface area contributed by atoms with Crippen LogP contribution in [0.25, 0.3) is 22.2 Å². The molecular formula is C26H25FN6O3. The third kappa shape index (κ3) is 4.36. The summed E-state index contributed by atoms with van der Waals surface area (Å²) >= 11 is 0. The minimum absolute atomic E-state index is 0.0645. The fourth-order valence-corrected chi connectivity index (χ4v) is 4.21. The highest BCUT2D eigenvalue weighted by molar-refractivity contribution is 6.06. The van der Waals surface area contributed by atoms with Gasteiger partial charge in [-0.05, 0) is 29.8 Å². The number of nitrogens with zero attached hydrogens (tertiary/aromatic N) is 4. The van der Waals surface area contributed by atoms with Crippen molar-refractivity contribution < 1.29 is 19.0 Å². The Balaban J connectivity index is 1.34. The summed E-state index contributed by atoms with van der Waals surface area (Å²) in [5, 5.41) is 16.4. The highest BCUT2D eigenvalue weighted by Crippen LogP contribution is 2.30. The molecule has 0 radical (unpaired) electrons. The molecule has 4 aromatic rings. The van der Waals surface area contributed by atoms with Crippen LogP contribution in [0.4, 0.5) is 10.2 Å². The lowest BCUT2D eigenvalue weighted by Gasteiger charge is -2.35. The van der Waals surface area contributed by atoms with Gasteiger partial charge in [-0.3, -0.25) is 14.8 Å². The summed E-state index contributed by atoms with van der Waals surface area (Å²) in [5.74, 6) is -0.300. The molecule has 184 valence electrons. The van der Waals surface area contributed by atoms with E-state index in [0.717, 1.165) is 11.1 Å². The zero-order valence-corrected chi connectivity index (χ0v) is 19.8. The number of ether oxygens (including phenoxy) is 1. The van der Waals surface area contributed by atoms with Gasteiger partial charge in [0.2, 0.25) is 0 Å². The topological polar surface area (TPSA) is 122 Å². The maximum absolute atomic E-state index is 14.7. The van der Waals surface area contributed by atoms with Crippen LogP contribution in [0.2, 0.25) is 0 Å². The number of hydrogen-bond acceptors (Lipinski definition) is 8. The molecule has 1 aromatic carbocycles. The first-order valence-electron chi connectivity index (χ1n) is 11.5. The molecule has 1 saturated heterocycles. The molecule has 5 rings (SSSR count). The van der Waals surface area contributed by atoms with Gasteiger partial charge in [0.25, 0.3) is 5.91 Å². The van der Waals surface area contributed by atoms with Crippen LogP contribution in [0.15, 0.2) is 55.1 Å². The van der Waals surface area contributed by atoms with E-state index in [1.54, 1.807) is 18.3 Å². The van der Waals surface area contributed by atoms with Gasteiger partial charge < -0.3 is 20.5 Å². The first kappa shape index (κ1) is 23.7. The molecule has 0 spiro atoms. The predicted molar refractivity (Wildman–Crippen MR) is 132 cm³/mol. The van der Waals surface area contributed by atoms with Gasteiger partial charge in [-0.1, -0.05) is 13.0 Å². The molecule has 4 heterocycles. The number of fused-ring (bicyclic) bond motifs is 1. The van der Waals surface area contributed by atoms with Gasteiger partial charge in [0.15, 0.2) is 5.60 Å². The molecule has 1 atom stereocenters. The van der Waals surface area contributed by atoms with Crippen LogP contribution in [0.3, 0.4) is 0 Å². The van der Waals surface area contributed by atoms with Crippen molar-refractivity contribution in [2.45, 2.75) is 18.4 Å². The second-order valence-corrected chi connectivity index (χ2v) is 8.82. The smallest absolute Gasteiger partial charge is 0.251 e. The predicted octanol–water partition coefficient (Wildman–Crippen LogP) is 3.02. The number of halogens is 1. The van der Waals surface area contributed by atoms with E-state index in [1.165, 1.54) is 31.7 Å². The van der Waals surface area contributed by atoms with E-state index in [-0.39, 0.29) is 36.0 Å². The van der Waals surface area contributed by atoms with Crippen molar-refractivity contribution in [3.8, 4) is 11.3 Å². The summed E-state index contributed by atoms with van der Waals surface area (Å²) in [6, 6.07) is 10.0. The standard InChI is InChI=1S/C26H25FN6O3/c1-15(17-4-5-19(27)23-18(25(34)28-2)7-8-29-24(17)23)10-31-22-9-20(32-14-33-22)16-3-6-21(30-11-16)26(35)12-36-13-26/h3-9,11,14-15,35H,10,12-13H2,1-2H3,(H,28,34)(H,31,32,33)/t15-/m1/s1. The number of pyridine rings is 2. The Labute approximate surface area is 206 Å². The van der Waals surface area contributed by atoms with Crippen LogP contribution >= 0.6 is 0 Å². The number of carbonyl (C=O) groups excluding carboxylic acids is 1. The average Bonchev–Trinajstić information content (AvgIpc) is 2.90. The summed E-state index contributed by atoms with van der Waals surface area (Å²) in [6.07, 6.45) is 4.65. The van der Waals surface area contributed by atoms with Gasteiger partial charge in [0, 0.05) is 48.9 Å². The summed E-state index contributed by atoms with van der Waals surface area (Å²) < 4.78 is 19.8. The molecule has 3 N–H and O–H groups in total. The lowest BCUT2D eigenvalue weighted by atomic mass is 9.95. The van der Waals surface area contributed by atoms with Gasteiger partial charge in [-0.2, -0.15) is 0 Å². The monoisotopic (exact) mass is 488 g/mol. The van der Waals surface area contributed by atoms with Crippen molar-refractivity contribution in [2.24, 2.45) is 0 Å². The molecular weight excluding hydrogens is 463 g/mol. The number of hydrogen-bond donors (Lipinski definition) is 3. The molecule has 36 heavy (non-hydrogen) atoms. The molecule has 3 aromatic heterocycles. The number of carbonyl (C=O) groups is 1. The van der Waals surface area contributed by atoms with E-state index in [9.17, 15) is 14.3 Å². The Morgan fingerprint density at radius 2 is 2.00 bits per heavy atom. The van der Waals surface area contributed by atoms with E-state index in [1.807, 2.05) is 19.1 Å². The van der Waals surface area contributed by atoms with Crippen molar-refractivity contribution in [1.29, 1.82) is 0 Å². The number of rotatable bonds is 7. The highest BCUT2D eigenvalue weighted by atomic mass is 19.1. The molecule has 1 aliphatic heterocycles. The van der Waals surface area contributed by atoms with E-state index in [4.69, 9.17) is 4.74 Å². The minimum atomic E-state index is -1.02. The largest absolute Gasteiger partial charge is 0.379 e. The zero-order chi connectivity index (χ0) is 25.3. The fraction of sp³-hybridized carbons (Fsp3) is 0.269. The number of benzene rings is 1. The molecule has 1 aliphatic rings. The van der Waals surface area contributed by atoms with Gasteiger partial charge in [-0.15, -0.1) is 0 Å². The van der Waals surface area contributed by atoms with E-state index in [2.05, 4.69) is 30.6 Å². The Kier molecular flexibility index (Phi) is 6.29. The minimum Gasteiger partial charge on any atom is -0.379 e. The maximum atomic E-state index is 14.7. The number of aliphatic hydroxyl groups is 1. The first-order chi connectivity index (χ1) is 17.4. The van der Waals surface area contributed by atoms with E-state index < -0.39 is 11.4 Å². The Bertz CT molecular complexity index is 1430. The van der Waals surface area contributed by atoms with E-state index in [0.29, 0.717) is 29.3 Å². The third-order valence-corrected chi connectivity index (χ3v) is 6.35. The molecule has 9 nitrogen and oxygen atoms in total. The zero-order valence-electron chi connectivity index (χ0n) is 19.8. The lowest BCUT2D eigenvalue weighted by molar-refractivity contribution is -0.186. The summed E-state index contributed by atoms with van der Waals surface area (Å²) in [7, 11) is 1.51. The number of amides is 1. The molecule has 10 heteroatoms. The second kappa shape index (κ2) is 9.56. The van der Waals surface area contributed by atoms with Crippen molar-refractivity contribution in [3.63, 3.8) is 0 Å². The molecule has 1 amide bonds. The molecule has 0 bridgehead atoms. The quantitative estimate of drug-likeness (QED) is 0.363. The molecule has 0 unspecified atom stereocenters. The second-order valence-electron chi connectivity index (χ2n) is 8.82. The van der Waals surface area contributed by atoms with Crippen LogP contribution in [0.1, 0.15) is 34.5 Å². The van der Waals surface area contributed by atoms with Gasteiger partial charge in [-0.25, -0.2) is 14.4 Å². The number of nitrogens with one attached hydrogen (secondary N) is 2. The van der Waals surface area contributed by atoms with Gasteiger partial charge >= 0.3 is 0 Å². The number of aromatic nitrogens is 4. The van der Waals surface area contributed by atoms with Crippen molar-refractivity contribution in [3.05, 3.63) is 77.8 Å². The van der Waals surface area contributed by atoms with Crippen LogP contribution < -0.4 is 10.6 Å². The van der Waals surface area contributed by atoms with Gasteiger partial charge in [0.1, 0.15) is 18.0 Å². The maximum Gasteiger partial charge on any atom is 0.251 e. The summed E-state index contributed by atoms with van der Waals surface area (Å²) in [6.45, 7) is 2.97. The normalized spacial score (nSPS) is 15.2.